The van der Waals surface area contributed by atoms with E-state index in [4.69, 9.17) is 46.4 Å². The van der Waals surface area contributed by atoms with Crippen LogP contribution in [0.25, 0.3) is 11.1 Å². The SMILES string of the molecule is ClCc1ccc(-c2ccc(CCl)c(CCl)c2)cc1CCl. The van der Waals surface area contributed by atoms with Crippen LogP contribution in [0, 0.1) is 0 Å². The fourth-order valence-electron chi connectivity index (χ4n) is 2.12. The number of hydrogen-bond acceptors (Lipinski definition) is 0. The average molecular weight is 348 g/mol. The number of rotatable bonds is 5. The molecule has 0 saturated carbocycles. The second-order valence-corrected chi connectivity index (χ2v) is 5.57. The summed E-state index contributed by atoms with van der Waals surface area (Å²) in [6.07, 6.45) is 0. The molecule has 4 heteroatoms. The van der Waals surface area contributed by atoms with Crippen LogP contribution in [0.4, 0.5) is 0 Å². The molecule has 0 N–H and O–H groups in total. The van der Waals surface area contributed by atoms with Crippen LogP contribution in [0.5, 0.6) is 0 Å². The van der Waals surface area contributed by atoms with Crippen LogP contribution in [0.1, 0.15) is 22.3 Å². The van der Waals surface area contributed by atoms with Gasteiger partial charge in [0, 0.05) is 23.5 Å². The summed E-state index contributed by atoms with van der Waals surface area (Å²) in [4.78, 5) is 0. The van der Waals surface area contributed by atoms with Crippen molar-refractivity contribution < 1.29 is 0 Å². The van der Waals surface area contributed by atoms with Crippen molar-refractivity contribution in [3.63, 3.8) is 0 Å². The van der Waals surface area contributed by atoms with Gasteiger partial charge in [-0.1, -0.05) is 24.3 Å². The van der Waals surface area contributed by atoms with E-state index in [9.17, 15) is 0 Å². The molecule has 0 spiro atoms. The molecule has 2 aromatic carbocycles. The highest BCUT2D eigenvalue weighted by molar-refractivity contribution is 6.19. The quantitative estimate of drug-likeness (QED) is 0.556. The first-order chi connectivity index (χ1) is 9.73. The summed E-state index contributed by atoms with van der Waals surface area (Å²) < 4.78 is 0. The van der Waals surface area contributed by atoms with E-state index in [1.807, 2.05) is 12.1 Å². The third-order valence-electron chi connectivity index (χ3n) is 3.32. The Kier molecular flexibility index (Phi) is 6.04. The molecular formula is C16H14Cl4. The van der Waals surface area contributed by atoms with Crippen molar-refractivity contribution in [1.82, 2.24) is 0 Å². The molecule has 0 unspecified atom stereocenters. The summed E-state index contributed by atoms with van der Waals surface area (Å²) in [5.41, 5.74) is 6.49. The van der Waals surface area contributed by atoms with Gasteiger partial charge in [0.1, 0.15) is 0 Å². The normalized spacial score (nSPS) is 10.8. The van der Waals surface area contributed by atoms with Crippen LogP contribution in [-0.4, -0.2) is 0 Å². The summed E-state index contributed by atoms with van der Waals surface area (Å²) in [7, 11) is 0. The predicted octanol–water partition coefficient (Wildman–Crippen LogP) is 6.31. The highest BCUT2D eigenvalue weighted by Crippen LogP contribution is 2.27. The van der Waals surface area contributed by atoms with Crippen molar-refractivity contribution in [2.24, 2.45) is 0 Å². The minimum absolute atomic E-state index is 0.456. The van der Waals surface area contributed by atoms with E-state index in [-0.39, 0.29) is 0 Å². The van der Waals surface area contributed by atoms with Gasteiger partial charge in [0.05, 0.1) is 0 Å². The molecule has 0 atom stereocenters. The van der Waals surface area contributed by atoms with Crippen LogP contribution >= 0.6 is 46.4 Å². The van der Waals surface area contributed by atoms with Gasteiger partial charge in [-0.2, -0.15) is 0 Å². The molecule has 0 aliphatic carbocycles. The van der Waals surface area contributed by atoms with Gasteiger partial charge >= 0.3 is 0 Å². The Morgan fingerprint density at radius 3 is 1.15 bits per heavy atom. The Hall–Kier alpha value is -0.400. The Bertz CT molecular complexity index is 540. The Balaban J connectivity index is 2.46. The molecule has 0 aromatic heterocycles. The lowest BCUT2D eigenvalue weighted by Gasteiger charge is -2.11. The predicted molar refractivity (Wildman–Crippen MR) is 90.1 cm³/mol. The Morgan fingerprint density at radius 1 is 0.500 bits per heavy atom. The molecule has 2 aromatic rings. The Morgan fingerprint density at radius 2 is 0.850 bits per heavy atom. The van der Waals surface area contributed by atoms with Crippen molar-refractivity contribution in [3.8, 4) is 11.1 Å². The summed E-state index contributed by atoms with van der Waals surface area (Å²) >= 11 is 23.8. The zero-order valence-electron chi connectivity index (χ0n) is 10.8. The molecule has 0 fully saturated rings. The molecule has 0 aliphatic heterocycles. The number of hydrogen-bond donors (Lipinski definition) is 0. The van der Waals surface area contributed by atoms with Gasteiger partial charge in [-0.3, -0.25) is 0 Å². The van der Waals surface area contributed by atoms with Crippen LogP contribution in [0.2, 0.25) is 0 Å². The maximum Gasteiger partial charge on any atom is 0.0477 e. The zero-order chi connectivity index (χ0) is 14.5. The molecule has 20 heavy (non-hydrogen) atoms. The number of halogens is 4. The van der Waals surface area contributed by atoms with Crippen LogP contribution < -0.4 is 0 Å². The standard InChI is InChI=1S/C16H14Cl4/c17-7-13-3-1-11(5-15(13)9-19)12-2-4-14(8-18)16(6-12)10-20/h1-6H,7-10H2. The van der Waals surface area contributed by atoms with E-state index < -0.39 is 0 Å². The highest BCUT2D eigenvalue weighted by atomic mass is 35.5. The van der Waals surface area contributed by atoms with Crippen molar-refractivity contribution in [2.75, 3.05) is 0 Å². The Labute approximate surface area is 139 Å². The molecule has 106 valence electrons. The van der Waals surface area contributed by atoms with Crippen LogP contribution in [0.3, 0.4) is 0 Å². The van der Waals surface area contributed by atoms with Crippen molar-refractivity contribution in [2.45, 2.75) is 23.5 Å². The van der Waals surface area contributed by atoms with Gasteiger partial charge in [0.15, 0.2) is 0 Å². The first-order valence-corrected chi connectivity index (χ1v) is 8.35. The average Bonchev–Trinajstić information content (AvgIpc) is 2.53. The van der Waals surface area contributed by atoms with Crippen molar-refractivity contribution >= 4 is 46.4 Å². The third kappa shape index (κ3) is 3.43. The molecule has 0 heterocycles. The largest absolute Gasteiger partial charge is 0.122 e. The summed E-state index contributed by atoms with van der Waals surface area (Å²) in [6, 6.07) is 12.3. The van der Waals surface area contributed by atoms with Crippen molar-refractivity contribution in [1.29, 1.82) is 0 Å². The van der Waals surface area contributed by atoms with Gasteiger partial charge in [-0.25, -0.2) is 0 Å². The number of alkyl halides is 4. The summed E-state index contributed by atoms with van der Waals surface area (Å²) in [5, 5.41) is 0. The lowest BCUT2D eigenvalue weighted by atomic mass is 9.97. The topological polar surface area (TPSA) is 0 Å². The molecule has 0 amide bonds. The monoisotopic (exact) mass is 346 g/mol. The first kappa shape index (κ1) is 16.0. The van der Waals surface area contributed by atoms with Gasteiger partial charge in [-0.15, -0.1) is 46.4 Å². The van der Waals surface area contributed by atoms with Gasteiger partial charge < -0.3 is 0 Å². The first-order valence-electron chi connectivity index (χ1n) is 6.21. The molecule has 0 radical (unpaired) electrons. The summed E-state index contributed by atoms with van der Waals surface area (Å²) in [5.74, 6) is 1.86. The molecule has 2 rings (SSSR count). The van der Waals surface area contributed by atoms with E-state index >= 15 is 0 Å². The maximum atomic E-state index is 5.98. The second-order valence-electron chi connectivity index (χ2n) is 4.50. The van der Waals surface area contributed by atoms with Crippen molar-refractivity contribution in [3.05, 3.63) is 58.7 Å². The zero-order valence-corrected chi connectivity index (χ0v) is 13.8. The van der Waals surface area contributed by atoms with E-state index in [2.05, 4.69) is 24.3 Å². The fourth-order valence-corrected chi connectivity index (χ4v) is 3.14. The second kappa shape index (κ2) is 7.56. The molecular weight excluding hydrogens is 334 g/mol. The minimum Gasteiger partial charge on any atom is -0.122 e. The lowest BCUT2D eigenvalue weighted by Crippen LogP contribution is -1.92. The molecule has 0 saturated heterocycles. The van der Waals surface area contributed by atoms with Gasteiger partial charge in [0.2, 0.25) is 0 Å². The van der Waals surface area contributed by atoms with Gasteiger partial charge in [0.25, 0.3) is 0 Å². The highest BCUT2D eigenvalue weighted by Gasteiger charge is 2.07. The third-order valence-corrected chi connectivity index (χ3v) is 4.47. The molecule has 0 nitrogen and oxygen atoms in total. The lowest BCUT2D eigenvalue weighted by molar-refractivity contribution is 1.25. The van der Waals surface area contributed by atoms with E-state index in [0.717, 1.165) is 33.4 Å². The minimum atomic E-state index is 0.456. The van der Waals surface area contributed by atoms with Gasteiger partial charge in [-0.05, 0) is 45.5 Å². The van der Waals surface area contributed by atoms with E-state index in [1.165, 1.54) is 0 Å². The van der Waals surface area contributed by atoms with Crippen LogP contribution in [0.15, 0.2) is 36.4 Å². The number of benzene rings is 2. The molecule has 0 aliphatic rings. The van der Waals surface area contributed by atoms with E-state index in [1.54, 1.807) is 0 Å². The fraction of sp³-hybridized carbons (Fsp3) is 0.250. The maximum absolute atomic E-state index is 5.98. The van der Waals surface area contributed by atoms with Crippen LogP contribution in [-0.2, 0) is 23.5 Å². The molecule has 0 bridgehead atoms. The van der Waals surface area contributed by atoms with E-state index in [0.29, 0.717) is 23.5 Å². The smallest absolute Gasteiger partial charge is 0.0477 e. The summed E-state index contributed by atoms with van der Waals surface area (Å²) in [6.45, 7) is 0.